The van der Waals surface area contributed by atoms with Gasteiger partial charge in [0, 0.05) is 26.2 Å². The van der Waals surface area contributed by atoms with Crippen LogP contribution in [0.25, 0.3) is 0 Å². The van der Waals surface area contributed by atoms with Crippen LogP contribution in [0.2, 0.25) is 0 Å². The number of carbonyl (C=O) groups excluding carboxylic acids is 1. The molecule has 92 valence electrons. The summed E-state index contributed by atoms with van der Waals surface area (Å²) in [6.45, 7) is 7.96. The molecule has 0 radical (unpaired) electrons. The van der Waals surface area contributed by atoms with Crippen molar-refractivity contribution in [2.24, 2.45) is 0 Å². The van der Waals surface area contributed by atoms with E-state index in [2.05, 4.69) is 6.58 Å². The number of likely N-dealkylation sites (N-methyl/N-ethyl adjacent to an activating group) is 1. The first-order chi connectivity index (χ1) is 7.40. The van der Waals surface area contributed by atoms with Gasteiger partial charge in [0.15, 0.2) is 0 Å². The molecule has 0 aliphatic carbocycles. The molecule has 16 heavy (non-hydrogen) atoms. The van der Waals surface area contributed by atoms with Crippen molar-refractivity contribution in [3.8, 4) is 0 Å². The topological polar surface area (TPSA) is 60.9 Å². The van der Waals surface area contributed by atoms with Gasteiger partial charge in [0.1, 0.15) is 0 Å². The molecule has 0 rings (SSSR count). The molecule has 0 spiro atoms. The van der Waals surface area contributed by atoms with Crippen LogP contribution in [-0.2, 0) is 4.79 Å². The van der Waals surface area contributed by atoms with Gasteiger partial charge in [-0.1, -0.05) is 6.08 Å². The molecule has 0 heterocycles. The maximum Gasteiger partial charge on any atom is 0.320 e. The van der Waals surface area contributed by atoms with Crippen LogP contribution in [0, 0.1) is 0 Å². The maximum absolute atomic E-state index is 11.9. The van der Waals surface area contributed by atoms with Crippen LogP contribution in [0.5, 0.6) is 0 Å². The molecule has 0 aromatic carbocycles. The maximum atomic E-state index is 11.9. The lowest BCUT2D eigenvalue weighted by atomic mass is 10.3. The first-order valence-electron chi connectivity index (χ1n) is 5.24. The average molecular weight is 228 g/mol. The van der Waals surface area contributed by atoms with Crippen LogP contribution >= 0.6 is 0 Å². The van der Waals surface area contributed by atoms with Crippen molar-refractivity contribution in [2.45, 2.75) is 26.3 Å². The van der Waals surface area contributed by atoms with E-state index in [9.17, 15) is 9.59 Å². The average Bonchev–Trinajstić information content (AvgIpc) is 2.17. The molecule has 0 fully saturated rings. The number of hydrogen-bond acceptors (Lipinski definition) is 2. The Bertz CT molecular complexity index is 264. The second-order valence-corrected chi connectivity index (χ2v) is 3.88. The fourth-order valence-electron chi connectivity index (χ4n) is 1.28. The van der Waals surface area contributed by atoms with Crippen molar-refractivity contribution in [2.75, 3.05) is 20.1 Å². The number of hydrogen-bond donors (Lipinski definition) is 1. The van der Waals surface area contributed by atoms with Crippen molar-refractivity contribution in [3.63, 3.8) is 0 Å². The highest BCUT2D eigenvalue weighted by Crippen LogP contribution is 2.04. The highest BCUT2D eigenvalue weighted by Gasteiger charge is 2.20. The number of carbonyl (C=O) groups is 2. The molecular formula is C11H20N2O3. The van der Waals surface area contributed by atoms with E-state index in [4.69, 9.17) is 5.11 Å². The minimum Gasteiger partial charge on any atom is -0.481 e. The van der Waals surface area contributed by atoms with Crippen molar-refractivity contribution >= 4 is 12.0 Å². The summed E-state index contributed by atoms with van der Waals surface area (Å²) in [4.78, 5) is 25.4. The Hall–Kier alpha value is -1.52. The molecular weight excluding hydrogens is 208 g/mol. The van der Waals surface area contributed by atoms with Crippen LogP contribution in [0.1, 0.15) is 20.3 Å². The Kier molecular flexibility index (Phi) is 6.22. The summed E-state index contributed by atoms with van der Waals surface area (Å²) in [6, 6.07) is -0.185. The number of amides is 2. The first kappa shape index (κ1) is 14.5. The van der Waals surface area contributed by atoms with Gasteiger partial charge >= 0.3 is 12.0 Å². The van der Waals surface area contributed by atoms with E-state index in [0.717, 1.165) is 0 Å². The number of carboxylic acids is 1. The van der Waals surface area contributed by atoms with E-state index in [1.165, 1.54) is 9.80 Å². The third kappa shape index (κ3) is 4.82. The van der Waals surface area contributed by atoms with Gasteiger partial charge in [0.25, 0.3) is 0 Å². The van der Waals surface area contributed by atoms with Crippen LogP contribution in [-0.4, -0.2) is 53.1 Å². The van der Waals surface area contributed by atoms with Crippen LogP contribution in [0.3, 0.4) is 0 Å². The lowest BCUT2D eigenvalue weighted by Gasteiger charge is -2.30. The van der Waals surface area contributed by atoms with Gasteiger partial charge in [-0.3, -0.25) is 4.79 Å². The van der Waals surface area contributed by atoms with Crippen LogP contribution in [0.15, 0.2) is 12.7 Å². The molecule has 0 saturated carbocycles. The molecule has 0 bridgehead atoms. The number of nitrogens with zero attached hydrogens (tertiary/aromatic N) is 2. The molecule has 0 atom stereocenters. The van der Waals surface area contributed by atoms with Crippen molar-refractivity contribution in [1.82, 2.24) is 9.80 Å². The predicted octanol–water partition coefficient (Wildman–Crippen LogP) is 1.41. The minimum absolute atomic E-state index is 0.0147. The second kappa shape index (κ2) is 6.87. The van der Waals surface area contributed by atoms with E-state index < -0.39 is 5.97 Å². The Balaban J connectivity index is 4.45. The quantitative estimate of drug-likeness (QED) is 0.699. The van der Waals surface area contributed by atoms with E-state index in [1.54, 1.807) is 13.1 Å². The van der Waals surface area contributed by atoms with E-state index in [1.807, 2.05) is 13.8 Å². The number of urea groups is 1. The minimum atomic E-state index is -0.898. The summed E-state index contributed by atoms with van der Waals surface area (Å²) in [7, 11) is 1.67. The zero-order valence-corrected chi connectivity index (χ0v) is 10.1. The van der Waals surface area contributed by atoms with Crippen LogP contribution < -0.4 is 0 Å². The Morgan fingerprint density at radius 3 is 2.38 bits per heavy atom. The van der Waals surface area contributed by atoms with Crippen molar-refractivity contribution in [3.05, 3.63) is 12.7 Å². The smallest absolute Gasteiger partial charge is 0.320 e. The fourth-order valence-corrected chi connectivity index (χ4v) is 1.28. The molecule has 2 amide bonds. The van der Waals surface area contributed by atoms with Gasteiger partial charge in [-0.25, -0.2) is 4.79 Å². The summed E-state index contributed by atoms with van der Waals surface area (Å²) in [5.74, 6) is -0.898. The molecule has 0 saturated heterocycles. The second-order valence-electron chi connectivity index (χ2n) is 3.88. The molecule has 1 N–H and O–H groups in total. The highest BCUT2D eigenvalue weighted by atomic mass is 16.4. The summed E-state index contributed by atoms with van der Waals surface area (Å²) < 4.78 is 0. The van der Waals surface area contributed by atoms with E-state index in [0.29, 0.717) is 6.54 Å². The van der Waals surface area contributed by atoms with Gasteiger partial charge in [-0.05, 0) is 13.8 Å². The van der Waals surface area contributed by atoms with Gasteiger partial charge in [0.2, 0.25) is 0 Å². The molecule has 5 nitrogen and oxygen atoms in total. The Labute approximate surface area is 96.3 Å². The van der Waals surface area contributed by atoms with Gasteiger partial charge in [-0.2, -0.15) is 0 Å². The van der Waals surface area contributed by atoms with Crippen LogP contribution in [0.4, 0.5) is 4.79 Å². The molecule has 0 aromatic heterocycles. The van der Waals surface area contributed by atoms with Gasteiger partial charge < -0.3 is 14.9 Å². The first-order valence-corrected chi connectivity index (χ1v) is 5.24. The normalized spacial score (nSPS) is 10.0. The third-order valence-corrected chi connectivity index (χ3v) is 2.17. The number of aliphatic carboxylic acids is 1. The summed E-state index contributed by atoms with van der Waals surface area (Å²) in [5.41, 5.74) is 0. The SMILES string of the molecule is C=CCN(C)C(=O)N(CCC(=O)O)C(C)C. The fraction of sp³-hybridized carbons (Fsp3) is 0.636. The lowest BCUT2D eigenvalue weighted by molar-refractivity contribution is -0.137. The number of rotatable bonds is 6. The van der Waals surface area contributed by atoms with Crippen molar-refractivity contribution < 1.29 is 14.7 Å². The largest absolute Gasteiger partial charge is 0.481 e. The number of carboxylic acid groups (broad SMARTS) is 1. The predicted molar refractivity (Wildman–Crippen MR) is 62.3 cm³/mol. The Morgan fingerprint density at radius 2 is 2.00 bits per heavy atom. The summed E-state index contributed by atoms with van der Waals surface area (Å²) in [6.07, 6.45) is 1.60. The molecule has 0 aliphatic rings. The van der Waals surface area contributed by atoms with E-state index >= 15 is 0 Å². The zero-order valence-electron chi connectivity index (χ0n) is 10.1. The van der Waals surface area contributed by atoms with E-state index in [-0.39, 0.29) is 25.0 Å². The summed E-state index contributed by atoms with van der Waals surface area (Å²) >= 11 is 0. The van der Waals surface area contributed by atoms with Gasteiger partial charge in [0.05, 0.1) is 6.42 Å². The lowest BCUT2D eigenvalue weighted by Crippen LogP contribution is -2.45. The highest BCUT2D eigenvalue weighted by molar-refractivity contribution is 5.75. The molecule has 0 aromatic rings. The monoisotopic (exact) mass is 228 g/mol. The standard InChI is InChI=1S/C11H20N2O3/c1-5-7-12(4)11(16)13(9(2)3)8-6-10(14)15/h5,9H,1,6-8H2,2-4H3,(H,14,15). The Morgan fingerprint density at radius 1 is 1.44 bits per heavy atom. The third-order valence-electron chi connectivity index (χ3n) is 2.17. The van der Waals surface area contributed by atoms with Crippen molar-refractivity contribution in [1.29, 1.82) is 0 Å². The zero-order chi connectivity index (χ0) is 12.7. The molecule has 5 heteroatoms. The summed E-state index contributed by atoms with van der Waals surface area (Å²) in [5, 5.41) is 8.60. The van der Waals surface area contributed by atoms with Gasteiger partial charge in [-0.15, -0.1) is 6.58 Å². The molecule has 0 aliphatic heterocycles. The molecule has 0 unspecified atom stereocenters.